The highest BCUT2D eigenvalue weighted by molar-refractivity contribution is 5.85. The van der Waals surface area contributed by atoms with Crippen molar-refractivity contribution in [3.05, 3.63) is 354 Å². The maximum atomic E-state index is 12.3. The van der Waals surface area contributed by atoms with Crippen LogP contribution in [0.3, 0.4) is 0 Å². The highest BCUT2D eigenvalue weighted by Crippen LogP contribution is 2.31. The summed E-state index contributed by atoms with van der Waals surface area (Å²) in [5.74, 6) is 2.62. The van der Waals surface area contributed by atoms with Crippen molar-refractivity contribution >= 4 is 101 Å². The molecule has 6 aromatic heterocycles. The highest BCUT2D eigenvalue weighted by atomic mass is 16.7. The summed E-state index contributed by atoms with van der Waals surface area (Å²) in [4.78, 5) is 168. The molecule has 31 heteroatoms. The van der Waals surface area contributed by atoms with Crippen molar-refractivity contribution in [1.82, 2.24) is 29.9 Å². The van der Waals surface area contributed by atoms with Crippen molar-refractivity contribution < 1.29 is 88.4 Å². The smallest absolute Gasteiger partial charge is 0.437 e. The molecule has 18 rings (SSSR count). The van der Waals surface area contributed by atoms with Crippen LogP contribution in [0, 0.1) is 17.8 Å². The molecular weight excluding hydrogens is 1820 g/mol. The number of hydrogen-bond donors (Lipinski definition) is 0. The zero-order valence-electron chi connectivity index (χ0n) is 78.7. The van der Waals surface area contributed by atoms with Gasteiger partial charge in [0.2, 0.25) is 35.3 Å². The summed E-state index contributed by atoms with van der Waals surface area (Å²) in [6, 6.07) is 82.1. The van der Waals surface area contributed by atoms with E-state index in [1.807, 2.05) is 58.0 Å². The van der Waals surface area contributed by atoms with Crippen LogP contribution in [-0.4, -0.2) is 73.0 Å². The largest absolute Gasteiger partial charge is 0.513 e. The number of hydrogen-bond acceptors (Lipinski definition) is 31. The molecule has 31 nitrogen and oxygen atoms in total. The van der Waals surface area contributed by atoms with Gasteiger partial charge in [0.05, 0.1) is 84.4 Å². The molecule has 12 aromatic carbocycles. The number of methoxy groups -OCH3 is 1. The van der Waals surface area contributed by atoms with Gasteiger partial charge in [-0.25, -0.2) is 63.5 Å². The molecule has 6 heterocycles. The third kappa shape index (κ3) is 27.7. The SMILES string of the molecule is CC(C)C(=O)Oc1ccc(-c2nc3ccccc3c(=O)o2)cc1.CC(C)CC(=O)Oc1ccc(-c2nc3ccccc3c(=O)o2)cc1.CCC(=O)Oc1ccc(-c2nc3ccccc3c(=O)o2)cc1.CCCCC(=O)Oc1ccc(-c2nc3ccccc3c(=O)o2)cc1.CCCCC(CC)C(=O)Oc1ccc(-c2nc3ccccc3c(=O)o2)cc1.COC(=O)Oc1ccc(-c2nc3ccccc3c(=O)o2)cc1. The molecule has 1 unspecified atom stereocenters. The van der Waals surface area contributed by atoms with Crippen LogP contribution in [0.15, 0.2) is 346 Å². The van der Waals surface area contributed by atoms with E-state index >= 15 is 0 Å². The predicted molar refractivity (Wildman–Crippen MR) is 533 cm³/mol. The number of nitrogens with zero attached hydrogens (tertiary/aromatic N) is 6. The maximum absolute atomic E-state index is 12.3. The number of para-hydroxylation sites is 6. The molecule has 0 bridgehead atoms. The second-order valence-electron chi connectivity index (χ2n) is 32.4. The van der Waals surface area contributed by atoms with E-state index in [1.54, 1.807) is 282 Å². The fourth-order valence-corrected chi connectivity index (χ4v) is 13.6. The Morgan fingerprint density at radius 3 is 0.761 bits per heavy atom. The number of rotatable bonds is 24. The molecule has 720 valence electrons. The van der Waals surface area contributed by atoms with Crippen molar-refractivity contribution in [3.63, 3.8) is 0 Å². The Morgan fingerprint density at radius 1 is 0.282 bits per heavy atom. The van der Waals surface area contributed by atoms with E-state index in [0.717, 1.165) is 38.5 Å². The molecule has 0 aliphatic heterocycles. The van der Waals surface area contributed by atoms with Crippen molar-refractivity contribution in [2.75, 3.05) is 7.11 Å². The Hall–Kier alpha value is -17.9. The topological polar surface area (TPSA) is 426 Å². The van der Waals surface area contributed by atoms with Crippen molar-refractivity contribution in [2.45, 2.75) is 113 Å². The van der Waals surface area contributed by atoms with E-state index in [4.69, 9.17) is 54.9 Å². The summed E-state index contributed by atoms with van der Waals surface area (Å²) in [5.41, 5.74) is 4.68. The minimum atomic E-state index is -0.803. The second kappa shape index (κ2) is 49.2. The van der Waals surface area contributed by atoms with Gasteiger partial charge in [-0.2, -0.15) is 0 Å². The Balaban J connectivity index is 0.000000143. The highest BCUT2D eigenvalue weighted by Gasteiger charge is 2.22. The number of fused-ring (bicyclic) bond motifs is 6. The third-order valence-corrected chi connectivity index (χ3v) is 21.1. The average Bonchev–Trinajstić information content (AvgIpc) is 0.822. The maximum Gasteiger partial charge on any atom is 0.513 e. The lowest BCUT2D eigenvalue weighted by Gasteiger charge is -2.13. The molecule has 0 saturated heterocycles. The number of benzene rings is 12. The Labute approximate surface area is 810 Å². The first-order valence-electron chi connectivity index (χ1n) is 45.5. The molecule has 0 radical (unpaired) electrons. The van der Waals surface area contributed by atoms with Gasteiger partial charge >= 0.3 is 69.8 Å². The van der Waals surface area contributed by atoms with Crippen LogP contribution in [0.25, 0.3) is 134 Å². The Morgan fingerprint density at radius 2 is 0.521 bits per heavy atom. The monoisotopic (exact) mass is 1910 g/mol. The predicted octanol–water partition coefficient (Wildman–Crippen LogP) is 22.3. The molecule has 0 saturated carbocycles. The zero-order valence-corrected chi connectivity index (χ0v) is 78.7. The van der Waals surface area contributed by atoms with Gasteiger partial charge in [-0.05, 0) is 244 Å². The Bertz CT molecular complexity index is 7740. The van der Waals surface area contributed by atoms with Gasteiger partial charge in [-0.3, -0.25) is 24.0 Å². The quantitative estimate of drug-likeness (QED) is 0.0308. The van der Waals surface area contributed by atoms with Crippen LogP contribution in [-0.2, 0) is 28.7 Å². The molecule has 142 heavy (non-hydrogen) atoms. The lowest BCUT2D eigenvalue weighted by Crippen LogP contribution is -2.19. The van der Waals surface area contributed by atoms with Crippen LogP contribution in [0.1, 0.15) is 113 Å². The lowest BCUT2D eigenvalue weighted by atomic mass is 10.00. The van der Waals surface area contributed by atoms with Crippen molar-refractivity contribution in [1.29, 1.82) is 0 Å². The number of carbonyl (C=O) groups is 6. The van der Waals surface area contributed by atoms with Gasteiger partial charge in [0, 0.05) is 52.6 Å². The number of esters is 5. The van der Waals surface area contributed by atoms with Crippen LogP contribution >= 0.6 is 0 Å². The van der Waals surface area contributed by atoms with Crippen LogP contribution in [0.5, 0.6) is 34.5 Å². The first-order chi connectivity index (χ1) is 68.7. The summed E-state index contributed by atoms with van der Waals surface area (Å²) < 4.78 is 67.2. The van der Waals surface area contributed by atoms with Gasteiger partial charge < -0.3 is 59.7 Å². The van der Waals surface area contributed by atoms with Gasteiger partial charge in [0.1, 0.15) is 34.5 Å². The minimum Gasteiger partial charge on any atom is -0.437 e. The summed E-state index contributed by atoms with van der Waals surface area (Å²) in [7, 11) is 1.23. The lowest BCUT2D eigenvalue weighted by molar-refractivity contribution is -0.139. The first-order valence-corrected chi connectivity index (χ1v) is 45.5. The van der Waals surface area contributed by atoms with E-state index in [2.05, 4.69) is 41.6 Å². The standard InChI is InChI=1S/C22H23NO4.2C19H17NO4.C18H15NO4.C17H13NO4.C16H11NO5/c1-3-5-8-15(4-2)21(24)26-17-13-11-16(12-14-17)20-23-19-10-7-6-9-18(19)22(25)27-20;1-12(2)11-17(21)23-14-9-7-13(8-10-14)18-20-16-6-4-3-5-15(16)19(22)24-18;1-2-3-8-17(21)23-14-11-9-13(10-12-14)18-20-16-7-5-4-6-15(16)19(22)24-18;1-11(2)17(20)22-13-9-7-12(8-10-13)16-19-15-6-4-3-5-14(15)18(21)23-16;1-2-15(19)21-12-9-7-11(8-10-12)16-18-14-6-4-3-5-13(14)17(20)22-16;1-20-16(19)21-11-8-6-10(7-9-11)14-17-13-5-3-2-4-12(13)15(18)22-14/h6-7,9-15H,3-5,8H2,1-2H3;3-10,12H,11H2,1-2H3;4-7,9-12H,2-3,8H2,1H3;3-11H,1-2H3;3-10H,2H2,1H3;2-9H,1H3. The fraction of sp³-hybridized carbons (Fsp3) is 0.189. The van der Waals surface area contributed by atoms with Gasteiger partial charge in [0.15, 0.2) is 0 Å². The van der Waals surface area contributed by atoms with Crippen LogP contribution in [0.4, 0.5) is 4.79 Å². The zero-order chi connectivity index (χ0) is 101. The van der Waals surface area contributed by atoms with E-state index in [1.165, 1.54) is 7.11 Å². The van der Waals surface area contributed by atoms with E-state index < -0.39 is 39.9 Å². The summed E-state index contributed by atoms with van der Waals surface area (Å²) >= 11 is 0. The molecular formula is C111H96N6O25. The fourth-order valence-electron chi connectivity index (χ4n) is 13.6. The van der Waals surface area contributed by atoms with Gasteiger partial charge in [-0.1, -0.05) is 147 Å². The summed E-state index contributed by atoms with van der Waals surface area (Å²) in [6.45, 7) is 15.3. The average molecular weight is 1910 g/mol. The molecule has 0 fully saturated rings. The summed E-state index contributed by atoms with van der Waals surface area (Å²) in [6.07, 6.45) is 5.71. The molecule has 0 aliphatic rings. The molecule has 0 spiro atoms. The van der Waals surface area contributed by atoms with E-state index in [0.29, 0.717) is 153 Å². The van der Waals surface area contributed by atoms with Crippen LogP contribution in [0.2, 0.25) is 0 Å². The number of unbranched alkanes of at least 4 members (excludes halogenated alkanes) is 2. The van der Waals surface area contributed by atoms with Crippen LogP contribution < -0.4 is 62.2 Å². The van der Waals surface area contributed by atoms with Gasteiger partial charge in [0.25, 0.3) is 0 Å². The summed E-state index contributed by atoms with van der Waals surface area (Å²) in [5, 5.41) is 2.66. The van der Waals surface area contributed by atoms with E-state index in [-0.39, 0.29) is 82.9 Å². The normalized spacial score (nSPS) is 11.0. The molecule has 0 amide bonds. The second-order valence-corrected chi connectivity index (χ2v) is 32.4. The molecule has 1 atom stereocenters. The molecule has 0 N–H and O–H groups in total. The minimum absolute atomic E-state index is 0.0789. The molecule has 0 aliphatic carbocycles. The first kappa shape index (κ1) is 102. The number of aromatic nitrogens is 6. The third-order valence-electron chi connectivity index (χ3n) is 21.1. The van der Waals surface area contributed by atoms with Crippen molar-refractivity contribution in [3.8, 4) is 103 Å². The van der Waals surface area contributed by atoms with Crippen molar-refractivity contribution in [2.24, 2.45) is 17.8 Å². The van der Waals surface area contributed by atoms with E-state index in [9.17, 15) is 57.5 Å². The Kier molecular flexibility index (Phi) is 35.2. The number of ether oxygens (including phenoxy) is 7. The molecule has 18 aromatic rings. The number of carbonyl (C=O) groups excluding carboxylic acids is 6. The van der Waals surface area contributed by atoms with Gasteiger partial charge in [-0.15, -0.1) is 0 Å².